The first kappa shape index (κ1) is 19.7. The average molecular weight is 394 g/mol. The molecule has 0 amide bonds. The SMILES string of the molecule is Cc1cc(C)c(/C=C/S(=O)(=O)Nc2ccc(Oc3ccccc3)cc2)c(C)c1. The minimum atomic E-state index is -3.62. The van der Waals surface area contributed by atoms with Crippen LogP contribution in [0, 0.1) is 20.8 Å². The minimum Gasteiger partial charge on any atom is -0.457 e. The highest BCUT2D eigenvalue weighted by molar-refractivity contribution is 7.95. The van der Waals surface area contributed by atoms with Crippen LogP contribution in [0.3, 0.4) is 0 Å². The number of anilines is 1. The molecule has 0 aliphatic rings. The third-order valence-electron chi connectivity index (χ3n) is 4.25. The smallest absolute Gasteiger partial charge is 0.255 e. The molecule has 144 valence electrons. The van der Waals surface area contributed by atoms with E-state index < -0.39 is 10.0 Å². The predicted octanol–water partition coefficient (Wildman–Crippen LogP) is 5.82. The molecule has 0 aliphatic carbocycles. The summed E-state index contributed by atoms with van der Waals surface area (Å²) in [4.78, 5) is 0. The molecule has 0 atom stereocenters. The fourth-order valence-corrected chi connectivity index (χ4v) is 3.87. The van der Waals surface area contributed by atoms with Gasteiger partial charge in [-0.3, -0.25) is 4.72 Å². The van der Waals surface area contributed by atoms with Crippen molar-refractivity contribution >= 4 is 21.8 Å². The monoisotopic (exact) mass is 393 g/mol. The molecule has 0 saturated carbocycles. The van der Waals surface area contributed by atoms with Gasteiger partial charge in [0.2, 0.25) is 0 Å². The van der Waals surface area contributed by atoms with E-state index in [1.807, 2.05) is 63.2 Å². The molecular weight excluding hydrogens is 370 g/mol. The van der Waals surface area contributed by atoms with Crippen LogP contribution in [0.25, 0.3) is 6.08 Å². The Morgan fingerprint density at radius 3 is 2.00 bits per heavy atom. The summed E-state index contributed by atoms with van der Waals surface area (Å²) < 4.78 is 33.1. The lowest BCUT2D eigenvalue weighted by Gasteiger charge is -2.09. The van der Waals surface area contributed by atoms with Crippen LogP contribution < -0.4 is 9.46 Å². The molecule has 5 heteroatoms. The Kier molecular flexibility index (Phi) is 5.85. The van der Waals surface area contributed by atoms with E-state index in [2.05, 4.69) is 4.72 Å². The molecule has 4 nitrogen and oxygen atoms in total. The molecule has 0 radical (unpaired) electrons. The normalized spacial score (nSPS) is 11.5. The highest BCUT2D eigenvalue weighted by atomic mass is 32.2. The molecule has 28 heavy (non-hydrogen) atoms. The molecule has 0 spiro atoms. The number of rotatable bonds is 6. The third-order valence-corrected chi connectivity index (χ3v) is 5.26. The van der Waals surface area contributed by atoms with Crippen LogP contribution in [0.5, 0.6) is 11.5 Å². The predicted molar refractivity (Wildman–Crippen MR) is 115 cm³/mol. The quantitative estimate of drug-likeness (QED) is 0.574. The Morgan fingerprint density at radius 1 is 0.821 bits per heavy atom. The van der Waals surface area contributed by atoms with Gasteiger partial charge < -0.3 is 4.74 Å². The van der Waals surface area contributed by atoms with Gasteiger partial charge in [-0.1, -0.05) is 35.9 Å². The van der Waals surface area contributed by atoms with Crippen LogP contribution >= 0.6 is 0 Å². The lowest BCUT2D eigenvalue weighted by Crippen LogP contribution is -2.08. The first-order valence-corrected chi connectivity index (χ1v) is 10.5. The summed E-state index contributed by atoms with van der Waals surface area (Å²) in [5.41, 5.74) is 4.65. The molecular formula is C23H23NO3S. The van der Waals surface area contributed by atoms with Crippen LogP contribution in [0.4, 0.5) is 5.69 Å². The molecule has 0 aliphatic heterocycles. The summed E-state index contributed by atoms with van der Waals surface area (Å²) in [6.45, 7) is 5.98. The molecule has 0 saturated heterocycles. The van der Waals surface area contributed by atoms with Gasteiger partial charge >= 0.3 is 0 Å². The van der Waals surface area contributed by atoms with Gasteiger partial charge in [0.25, 0.3) is 10.0 Å². The van der Waals surface area contributed by atoms with E-state index in [1.54, 1.807) is 30.3 Å². The number of aryl methyl sites for hydroxylation is 3. The second-order valence-corrected chi connectivity index (χ2v) is 8.27. The molecule has 0 aromatic heterocycles. The molecule has 0 bridgehead atoms. The number of ether oxygens (including phenoxy) is 1. The molecule has 3 aromatic rings. The van der Waals surface area contributed by atoms with Crippen molar-refractivity contribution in [3.8, 4) is 11.5 Å². The van der Waals surface area contributed by atoms with Crippen LogP contribution in [0.2, 0.25) is 0 Å². The Balaban J connectivity index is 1.70. The molecule has 1 N–H and O–H groups in total. The van der Waals surface area contributed by atoms with E-state index in [-0.39, 0.29) is 0 Å². The van der Waals surface area contributed by atoms with Gasteiger partial charge in [-0.05, 0) is 79.9 Å². The van der Waals surface area contributed by atoms with Gasteiger partial charge in [0.15, 0.2) is 0 Å². The Labute approximate surface area is 166 Å². The minimum absolute atomic E-state index is 0.474. The summed E-state index contributed by atoms with van der Waals surface area (Å²) in [7, 11) is -3.62. The number of hydrogen-bond donors (Lipinski definition) is 1. The second kappa shape index (κ2) is 8.31. The lowest BCUT2D eigenvalue weighted by molar-refractivity contribution is 0.483. The van der Waals surface area contributed by atoms with Crippen LogP contribution in [-0.4, -0.2) is 8.42 Å². The summed E-state index contributed by atoms with van der Waals surface area (Å²) >= 11 is 0. The fraction of sp³-hybridized carbons (Fsp3) is 0.130. The van der Waals surface area contributed by atoms with Crippen LogP contribution in [0.1, 0.15) is 22.3 Å². The second-order valence-electron chi connectivity index (χ2n) is 6.70. The van der Waals surface area contributed by atoms with Crippen molar-refractivity contribution in [3.63, 3.8) is 0 Å². The average Bonchev–Trinajstić information content (AvgIpc) is 2.63. The van der Waals surface area contributed by atoms with Crippen molar-refractivity contribution in [1.29, 1.82) is 0 Å². The zero-order chi connectivity index (χ0) is 20.1. The molecule has 0 heterocycles. The van der Waals surface area contributed by atoms with Crippen molar-refractivity contribution in [2.75, 3.05) is 4.72 Å². The number of hydrogen-bond acceptors (Lipinski definition) is 3. The van der Waals surface area contributed by atoms with Crippen molar-refractivity contribution in [1.82, 2.24) is 0 Å². The topological polar surface area (TPSA) is 55.4 Å². The largest absolute Gasteiger partial charge is 0.457 e. The van der Waals surface area contributed by atoms with Gasteiger partial charge in [0.1, 0.15) is 11.5 Å². The van der Waals surface area contributed by atoms with E-state index >= 15 is 0 Å². The standard InChI is InChI=1S/C23H23NO3S/c1-17-15-18(2)23(19(3)16-17)13-14-28(25,26)24-20-9-11-22(12-10-20)27-21-7-5-4-6-8-21/h4-16,24H,1-3H3/b14-13+. The summed E-state index contributed by atoms with van der Waals surface area (Å²) in [6, 6.07) is 20.3. The van der Waals surface area contributed by atoms with Crippen molar-refractivity contribution in [2.24, 2.45) is 0 Å². The molecule has 3 rings (SSSR count). The zero-order valence-electron chi connectivity index (χ0n) is 16.1. The van der Waals surface area contributed by atoms with Crippen LogP contribution in [0.15, 0.2) is 72.1 Å². The molecule has 0 fully saturated rings. The van der Waals surface area contributed by atoms with Crippen molar-refractivity contribution in [2.45, 2.75) is 20.8 Å². The van der Waals surface area contributed by atoms with Crippen molar-refractivity contribution < 1.29 is 13.2 Å². The highest BCUT2D eigenvalue weighted by Gasteiger charge is 2.08. The number of para-hydroxylation sites is 1. The van der Waals surface area contributed by atoms with E-state index in [0.717, 1.165) is 28.0 Å². The highest BCUT2D eigenvalue weighted by Crippen LogP contribution is 2.23. The Bertz CT molecular complexity index is 1060. The maximum atomic E-state index is 12.4. The maximum absolute atomic E-state index is 12.4. The Hall–Kier alpha value is -3.05. The first-order valence-electron chi connectivity index (χ1n) is 8.94. The molecule has 0 unspecified atom stereocenters. The number of nitrogens with one attached hydrogen (secondary N) is 1. The fourth-order valence-electron chi connectivity index (χ4n) is 3.03. The summed E-state index contributed by atoms with van der Waals surface area (Å²) in [5, 5.41) is 1.20. The van der Waals surface area contributed by atoms with Gasteiger partial charge in [0.05, 0.1) is 5.41 Å². The lowest BCUT2D eigenvalue weighted by atomic mass is 10.0. The van der Waals surface area contributed by atoms with E-state index in [4.69, 9.17) is 4.74 Å². The number of sulfonamides is 1. The zero-order valence-corrected chi connectivity index (χ0v) is 17.0. The summed E-state index contributed by atoms with van der Waals surface area (Å²) in [6.07, 6.45) is 1.64. The first-order chi connectivity index (χ1) is 13.3. The van der Waals surface area contributed by atoms with Crippen molar-refractivity contribution in [3.05, 3.63) is 94.4 Å². The van der Waals surface area contributed by atoms with Gasteiger partial charge in [-0.2, -0.15) is 0 Å². The number of benzene rings is 3. The van der Waals surface area contributed by atoms with Gasteiger partial charge in [-0.25, -0.2) is 8.42 Å². The van der Waals surface area contributed by atoms with E-state index in [1.165, 1.54) is 5.41 Å². The van der Waals surface area contributed by atoms with Gasteiger partial charge in [0, 0.05) is 5.69 Å². The third kappa shape index (κ3) is 5.24. The van der Waals surface area contributed by atoms with E-state index in [9.17, 15) is 8.42 Å². The van der Waals surface area contributed by atoms with Gasteiger partial charge in [-0.15, -0.1) is 0 Å². The molecule has 3 aromatic carbocycles. The van der Waals surface area contributed by atoms with Crippen LogP contribution in [-0.2, 0) is 10.0 Å². The summed E-state index contributed by atoms with van der Waals surface area (Å²) in [5.74, 6) is 1.36. The Morgan fingerprint density at radius 2 is 1.39 bits per heavy atom. The van der Waals surface area contributed by atoms with E-state index in [0.29, 0.717) is 11.4 Å². The maximum Gasteiger partial charge on any atom is 0.255 e.